The molecule has 2 atom stereocenters. The van der Waals surface area contributed by atoms with Crippen molar-refractivity contribution in [3.63, 3.8) is 0 Å². The molecule has 0 fully saturated rings. The highest BCUT2D eigenvalue weighted by Gasteiger charge is 2.23. The molecule has 2 unspecified atom stereocenters. The van der Waals surface area contributed by atoms with Gasteiger partial charge in [-0.1, -0.05) is 64.6 Å². The molecule has 1 heterocycles. The van der Waals surface area contributed by atoms with Crippen LogP contribution in [0.25, 0.3) is 0 Å². The van der Waals surface area contributed by atoms with Crippen molar-refractivity contribution < 1.29 is 0 Å². The molecule has 1 aliphatic heterocycles. The molecular weight excluding hydrogens is 258 g/mol. The minimum absolute atomic E-state index is 0.555. The lowest BCUT2D eigenvalue weighted by molar-refractivity contribution is 0.692. The van der Waals surface area contributed by atoms with Crippen molar-refractivity contribution in [3.05, 3.63) is 0 Å². The zero-order valence-corrected chi connectivity index (χ0v) is 13.9. The van der Waals surface area contributed by atoms with Crippen LogP contribution in [0, 0.1) is 0 Å². The Bertz CT molecular complexity index is 241. The van der Waals surface area contributed by atoms with E-state index in [1.165, 1.54) is 62.8 Å². The van der Waals surface area contributed by atoms with Crippen LogP contribution in [0.2, 0.25) is 0 Å². The van der Waals surface area contributed by atoms with Crippen LogP contribution in [0.3, 0.4) is 0 Å². The molecule has 1 aliphatic rings. The van der Waals surface area contributed by atoms with Gasteiger partial charge in [-0.2, -0.15) is 0 Å². The fourth-order valence-corrected chi connectivity index (χ4v) is 5.23. The van der Waals surface area contributed by atoms with Crippen LogP contribution >= 0.6 is 23.5 Å². The lowest BCUT2D eigenvalue weighted by atomic mass is 10.2. The molecule has 0 saturated carbocycles. The highest BCUT2D eigenvalue weighted by atomic mass is 32.2. The Labute approximate surface area is 122 Å². The normalized spacial score (nSPS) is 24.1. The van der Waals surface area contributed by atoms with E-state index in [-0.39, 0.29) is 0 Å². The molecule has 0 aromatic carbocycles. The van der Waals surface area contributed by atoms with Crippen LogP contribution in [-0.4, -0.2) is 15.0 Å². The second-order valence-electron chi connectivity index (χ2n) is 5.05. The van der Waals surface area contributed by atoms with E-state index in [4.69, 9.17) is 4.99 Å². The van der Waals surface area contributed by atoms with Crippen LogP contribution in [0.5, 0.6) is 0 Å². The third kappa shape index (κ3) is 6.51. The van der Waals surface area contributed by atoms with E-state index < -0.39 is 0 Å². The molecule has 0 aliphatic carbocycles. The quantitative estimate of drug-likeness (QED) is 0.509. The maximum Gasteiger partial charge on any atom is 0.0972 e. The Morgan fingerprint density at radius 3 is 2.28 bits per heavy atom. The van der Waals surface area contributed by atoms with Crippen LogP contribution < -0.4 is 0 Å². The number of hydrogen-bond donors (Lipinski definition) is 0. The molecule has 1 rings (SSSR count). The number of thioether (sulfide) groups is 2. The maximum absolute atomic E-state index is 4.96. The summed E-state index contributed by atoms with van der Waals surface area (Å²) < 4.78 is 0.774. The molecule has 0 spiro atoms. The summed E-state index contributed by atoms with van der Waals surface area (Å²) in [4.78, 5) is 4.96. The summed E-state index contributed by atoms with van der Waals surface area (Å²) in [6.45, 7) is 6.84. The molecule has 0 aromatic heterocycles. The van der Waals surface area contributed by atoms with Gasteiger partial charge in [0.2, 0.25) is 0 Å². The Balaban J connectivity index is 2.48. The summed E-state index contributed by atoms with van der Waals surface area (Å²) in [7, 11) is 0. The van der Waals surface area contributed by atoms with Crippen molar-refractivity contribution in [3.8, 4) is 0 Å². The average molecular weight is 288 g/mol. The van der Waals surface area contributed by atoms with E-state index in [2.05, 4.69) is 44.3 Å². The van der Waals surface area contributed by atoms with E-state index in [9.17, 15) is 0 Å². The minimum atomic E-state index is 0.555. The second kappa shape index (κ2) is 10.2. The zero-order valence-electron chi connectivity index (χ0n) is 12.3. The Morgan fingerprint density at radius 1 is 0.944 bits per heavy atom. The standard InChI is InChI=1S/C15H29NS2/c1-4-7-10-13-16-14(11-8-5-2)18-15(17-13)12-9-6-3/h13,15H,4-12H2,1-3H3. The maximum atomic E-state index is 4.96. The SMILES string of the molecule is CCCCC1=NC(CCCC)SC(CCCC)S1. The summed E-state index contributed by atoms with van der Waals surface area (Å²) in [5, 5.41) is 2.00. The Hall–Kier alpha value is 0.370. The molecule has 3 heteroatoms. The molecule has 106 valence electrons. The summed E-state index contributed by atoms with van der Waals surface area (Å²) in [6.07, 6.45) is 11.7. The van der Waals surface area contributed by atoms with Crippen molar-refractivity contribution in [2.45, 2.75) is 88.5 Å². The summed E-state index contributed by atoms with van der Waals surface area (Å²) in [5.74, 6) is 0. The van der Waals surface area contributed by atoms with E-state index in [0.29, 0.717) is 5.37 Å². The van der Waals surface area contributed by atoms with Gasteiger partial charge in [0.05, 0.1) is 15.0 Å². The van der Waals surface area contributed by atoms with Gasteiger partial charge in [0.1, 0.15) is 0 Å². The first-order valence-electron chi connectivity index (χ1n) is 7.68. The van der Waals surface area contributed by atoms with Gasteiger partial charge in [0, 0.05) is 0 Å². The van der Waals surface area contributed by atoms with Gasteiger partial charge in [-0.3, -0.25) is 4.99 Å². The van der Waals surface area contributed by atoms with Crippen LogP contribution in [0.4, 0.5) is 0 Å². The van der Waals surface area contributed by atoms with Gasteiger partial charge in [-0.05, 0) is 25.7 Å². The number of hydrogen-bond acceptors (Lipinski definition) is 3. The predicted octanol–water partition coefficient (Wildman–Crippen LogP) is 6.09. The van der Waals surface area contributed by atoms with Crippen molar-refractivity contribution in [2.75, 3.05) is 0 Å². The molecule has 18 heavy (non-hydrogen) atoms. The zero-order chi connectivity index (χ0) is 13.2. The molecule has 0 bridgehead atoms. The fraction of sp³-hybridized carbons (Fsp3) is 0.933. The number of rotatable bonds is 9. The smallest absolute Gasteiger partial charge is 0.0972 e. The number of unbranched alkanes of at least 4 members (excludes halogenated alkanes) is 3. The Kier molecular flexibility index (Phi) is 9.30. The molecule has 0 aromatic rings. The molecule has 0 saturated heterocycles. The van der Waals surface area contributed by atoms with E-state index in [1.54, 1.807) is 0 Å². The van der Waals surface area contributed by atoms with Gasteiger partial charge < -0.3 is 0 Å². The molecule has 1 nitrogen and oxygen atoms in total. The van der Waals surface area contributed by atoms with Gasteiger partial charge in [0.15, 0.2) is 0 Å². The second-order valence-corrected chi connectivity index (χ2v) is 8.01. The van der Waals surface area contributed by atoms with Gasteiger partial charge in [-0.15, -0.1) is 11.8 Å². The molecule has 0 radical (unpaired) electrons. The number of nitrogens with zero attached hydrogens (tertiary/aromatic N) is 1. The molecular formula is C15H29NS2. The lowest BCUT2D eigenvalue weighted by Gasteiger charge is -2.27. The summed E-state index contributed by atoms with van der Waals surface area (Å²) in [6, 6.07) is 0. The molecule has 0 N–H and O–H groups in total. The molecule has 0 amide bonds. The lowest BCUT2D eigenvalue weighted by Crippen LogP contribution is -2.17. The Morgan fingerprint density at radius 2 is 1.61 bits per heavy atom. The summed E-state index contributed by atoms with van der Waals surface area (Å²) >= 11 is 4.19. The monoisotopic (exact) mass is 287 g/mol. The first-order valence-corrected chi connectivity index (χ1v) is 9.51. The van der Waals surface area contributed by atoms with E-state index in [0.717, 1.165) is 4.58 Å². The average Bonchev–Trinajstić information content (AvgIpc) is 2.40. The van der Waals surface area contributed by atoms with Gasteiger partial charge >= 0.3 is 0 Å². The largest absolute Gasteiger partial charge is 0.269 e. The first kappa shape index (κ1) is 16.4. The predicted molar refractivity (Wildman–Crippen MR) is 88.8 cm³/mol. The van der Waals surface area contributed by atoms with Gasteiger partial charge in [0.25, 0.3) is 0 Å². The highest BCUT2D eigenvalue weighted by molar-refractivity contribution is 8.25. The van der Waals surface area contributed by atoms with Crippen LogP contribution in [0.1, 0.15) is 78.6 Å². The van der Waals surface area contributed by atoms with Crippen molar-refractivity contribution >= 4 is 28.6 Å². The first-order chi connectivity index (χ1) is 8.80. The summed E-state index contributed by atoms with van der Waals surface area (Å²) in [5.41, 5.74) is 0. The fourth-order valence-electron chi connectivity index (χ4n) is 2.04. The van der Waals surface area contributed by atoms with Crippen molar-refractivity contribution in [1.82, 2.24) is 0 Å². The van der Waals surface area contributed by atoms with Crippen LogP contribution in [0.15, 0.2) is 4.99 Å². The van der Waals surface area contributed by atoms with Crippen LogP contribution in [-0.2, 0) is 0 Å². The van der Waals surface area contributed by atoms with Crippen molar-refractivity contribution in [2.24, 2.45) is 4.99 Å². The van der Waals surface area contributed by atoms with E-state index in [1.807, 2.05) is 0 Å². The number of aliphatic imine (C=N–C) groups is 1. The third-order valence-corrected chi connectivity index (χ3v) is 6.10. The van der Waals surface area contributed by atoms with Gasteiger partial charge in [-0.25, -0.2) is 0 Å². The topological polar surface area (TPSA) is 12.4 Å². The van der Waals surface area contributed by atoms with E-state index >= 15 is 0 Å². The third-order valence-electron chi connectivity index (χ3n) is 3.21. The highest BCUT2D eigenvalue weighted by Crippen LogP contribution is 2.40. The van der Waals surface area contributed by atoms with Crippen molar-refractivity contribution in [1.29, 1.82) is 0 Å². The minimum Gasteiger partial charge on any atom is -0.269 e.